The molecule has 2 rings (SSSR count). The van der Waals surface area contributed by atoms with Gasteiger partial charge in [0, 0.05) is 12.6 Å². The van der Waals surface area contributed by atoms with Crippen molar-refractivity contribution in [2.24, 2.45) is 0 Å². The molecule has 1 atom stereocenters. The molecule has 0 spiro atoms. The fraction of sp³-hybridized carbons (Fsp3) is 0.481. The number of nitrogens with zero attached hydrogens (tertiary/aromatic N) is 2. The van der Waals surface area contributed by atoms with Crippen molar-refractivity contribution in [3.63, 3.8) is 0 Å². The highest BCUT2D eigenvalue weighted by Crippen LogP contribution is 2.29. The third kappa shape index (κ3) is 7.82. The number of carbonyl (C=O) groups excluding carboxylic acids is 2. The van der Waals surface area contributed by atoms with Gasteiger partial charge in [0.2, 0.25) is 21.8 Å². The minimum atomic E-state index is -3.77. The number of para-hydroxylation sites is 1. The Bertz CT molecular complexity index is 1130. The van der Waals surface area contributed by atoms with E-state index in [1.807, 2.05) is 77.9 Å². The van der Waals surface area contributed by atoms with Gasteiger partial charge in [0.05, 0.1) is 11.9 Å². The van der Waals surface area contributed by atoms with Gasteiger partial charge in [0.1, 0.15) is 12.6 Å². The molecule has 0 aliphatic heterocycles. The summed E-state index contributed by atoms with van der Waals surface area (Å²) in [6.07, 6.45) is 1.50. The summed E-state index contributed by atoms with van der Waals surface area (Å²) in [5.41, 5.74) is 3.23. The Balaban J connectivity index is 2.51. The molecule has 8 heteroatoms. The first kappa shape index (κ1) is 28.4. The minimum absolute atomic E-state index is 0.0640. The van der Waals surface area contributed by atoms with Crippen LogP contribution in [0, 0.1) is 6.92 Å². The number of benzene rings is 2. The Kier molecular flexibility index (Phi) is 9.89. The largest absolute Gasteiger partial charge is 0.352 e. The molecule has 1 N–H and O–H groups in total. The van der Waals surface area contributed by atoms with E-state index in [9.17, 15) is 18.0 Å². The van der Waals surface area contributed by atoms with Crippen molar-refractivity contribution in [3.8, 4) is 0 Å². The lowest BCUT2D eigenvalue weighted by Crippen LogP contribution is -2.53. The molecular weight excluding hydrogens is 462 g/mol. The number of nitrogens with one attached hydrogen (secondary N) is 1. The van der Waals surface area contributed by atoms with Crippen molar-refractivity contribution >= 4 is 27.5 Å². The number of hydrogen-bond acceptors (Lipinski definition) is 4. The Morgan fingerprint density at radius 2 is 1.66 bits per heavy atom. The predicted molar refractivity (Wildman–Crippen MR) is 142 cm³/mol. The second kappa shape index (κ2) is 12.2. The number of rotatable bonds is 11. The quantitative estimate of drug-likeness (QED) is 0.500. The third-order valence-electron chi connectivity index (χ3n) is 5.76. The highest BCUT2D eigenvalue weighted by atomic mass is 32.2. The Morgan fingerprint density at radius 3 is 2.20 bits per heavy atom. The van der Waals surface area contributed by atoms with Gasteiger partial charge in [0.15, 0.2) is 0 Å². The van der Waals surface area contributed by atoms with E-state index in [2.05, 4.69) is 5.32 Å². The van der Waals surface area contributed by atoms with Crippen molar-refractivity contribution in [1.82, 2.24) is 10.2 Å². The second-order valence-electron chi connectivity index (χ2n) is 9.58. The van der Waals surface area contributed by atoms with E-state index in [-0.39, 0.29) is 31.0 Å². The lowest BCUT2D eigenvalue weighted by Gasteiger charge is -2.34. The number of sulfonamides is 1. The lowest BCUT2D eigenvalue weighted by atomic mass is 10.0. The summed E-state index contributed by atoms with van der Waals surface area (Å²) < 4.78 is 26.9. The van der Waals surface area contributed by atoms with E-state index in [1.165, 1.54) is 4.90 Å². The van der Waals surface area contributed by atoms with Crippen LogP contribution in [0.15, 0.2) is 48.5 Å². The molecular formula is C27H39N3O4S. The van der Waals surface area contributed by atoms with Gasteiger partial charge in [-0.3, -0.25) is 13.9 Å². The first-order chi connectivity index (χ1) is 16.3. The van der Waals surface area contributed by atoms with Crippen LogP contribution in [-0.2, 0) is 26.2 Å². The van der Waals surface area contributed by atoms with Crippen LogP contribution in [0.1, 0.15) is 63.6 Å². The molecule has 0 unspecified atom stereocenters. The van der Waals surface area contributed by atoms with E-state index in [0.29, 0.717) is 12.1 Å². The molecule has 0 aliphatic rings. The first-order valence-electron chi connectivity index (χ1n) is 12.1. The summed E-state index contributed by atoms with van der Waals surface area (Å²) in [7, 11) is -3.77. The number of aryl methyl sites for hydroxylation is 1. The molecule has 0 fully saturated rings. The van der Waals surface area contributed by atoms with E-state index < -0.39 is 22.0 Å². The summed E-state index contributed by atoms with van der Waals surface area (Å²) in [4.78, 5) is 28.3. The second-order valence-corrected chi connectivity index (χ2v) is 11.5. The Labute approximate surface area is 210 Å². The Hall–Kier alpha value is -2.87. The summed E-state index contributed by atoms with van der Waals surface area (Å²) in [5, 5.41) is 2.90. The maximum atomic E-state index is 13.8. The van der Waals surface area contributed by atoms with Gasteiger partial charge < -0.3 is 10.2 Å². The van der Waals surface area contributed by atoms with Crippen LogP contribution in [0.3, 0.4) is 0 Å². The average molecular weight is 502 g/mol. The van der Waals surface area contributed by atoms with Crippen molar-refractivity contribution in [1.29, 1.82) is 0 Å². The maximum Gasteiger partial charge on any atom is 0.244 e. The van der Waals surface area contributed by atoms with Gasteiger partial charge in [0.25, 0.3) is 0 Å². The number of anilines is 1. The SMILES string of the molecule is CC[C@H](C(=O)NC(C)C)N(Cc1cccc(C)c1)C(=O)CN(c1ccccc1C(C)C)S(C)(=O)=O. The lowest BCUT2D eigenvalue weighted by molar-refractivity contribution is -0.140. The van der Waals surface area contributed by atoms with E-state index in [1.54, 1.807) is 12.1 Å². The molecule has 2 aromatic rings. The van der Waals surface area contributed by atoms with Crippen LogP contribution < -0.4 is 9.62 Å². The van der Waals surface area contributed by atoms with Gasteiger partial charge in [-0.25, -0.2) is 8.42 Å². The van der Waals surface area contributed by atoms with E-state index >= 15 is 0 Å². The van der Waals surface area contributed by atoms with Gasteiger partial charge in [-0.1, -0.05) is 68.8 Å². The number of hydrogen-bond donors (Lipinski definition) is 1. The van der Waals surface area contributed by atoms with Gasteiger partial charge in [-0.2, -0.15) is 0 Å². The number of carbonyl (C=O) groups is 2. The summed E-state index contributed by atoms with van der Waals surface area (Å²) in [6, 6.07) is 14.1. The molecule has 0 saturated heterocycles. The van der Waals surface area contributed by atoms with Crippen LogP contribution in [0.4, 0.5) is 5.69 Å². The fourth-order valence-electron chi connectivity index (χ4n) is 4.11. The number of amides is 2. The van der Waals surface area contributed by atoms with Crippen LogP contribution >= 0.6 is 0 Å². The third-order valence-corrected chi connectivity index (χ3v) is 6.89. The van der Waals surface area contributed by atoms with Crippen molar-refractivity contribution in [3.05, 3.63) is 65.2 Å². The molecule has 7 nitrogen and oxygen atoms in total. The summed E-state index contributed by atoms with van der Waals surface area (Å²) in [5.74, 6) is -0.618. The standard InChI is InChI=1S/C27H39N3O4S/c1-8-24(27(32)28-20(4)5)29(17-22-13-11-12-21(6)16-22)26(31)18-30(35(7,33)34)25-15-10-9-14-23(25)19(2)3/h9-16,19-20,24H,8,17-18H2,1-7H3,(H,28,32)/t24-/m1/s1. The van der Waals surface area contributed by atoms with E-state index in [4.69, 9.17) is 0 Å². The van der Waals surface area contributed by atoms with Crippen molar-refractivity contribution in [2.75, 3.05) is 17.1 Å². The highest BCUT2D eigenvalue weighted by Gasteiger charge is 2.32. The van der Waals surface area contributed by atoms with Gasteiger partial charge >= 0.3 is 0 Å². The Morgan fingerprint density at radius 1 is 1.00 bits per heavy atom. The van der Waals surface area contributed by atoms with Crippen LogP contribution in [0.5, 0.6) is 0 Å². The summed E-state index contributed by atoms with van der Waals surface area (Å²) >= 11 is 0. The molecule has 192 valence electrons. The molecule has 35 heavy (non-hydrogen) atoms. The van der Waals surface area contributed by atoms with Crippen LogP contribution in [0.2, 0.25) is 0 Å². The zero-order valence-electron chi connectivity index (χ0n) is 21.9. The topological polar surface area (TPSA) is 86.8 Å². The molecule has 2 amide bonds. The zero-order valence-corrected chi connectivity index (χ0v) is 22.7. The smallest absolute Gasteiger partial charge is 0.244 e. The van der Waals surface area contributed by atoms with Crippen LogP contribution in [0.25, 0.3) is 0 Å². The molecule has 0 bridgehead atoms. The minimum Gasteiger partial charge on any atom is -0.352 e. The zero-order chi connectivity index (χ0) is 26.3. The maximum absolute atomic E-state index is 13.8. The highest BCUT2D eigenvalue weighted by molar-refractivity contribution is 7.92. The molecule has 0 aliphatic carbocycles. The van der Waals surface area contributed by atoms with E-state index in [0.717, 1.165) is 27.3 Å². The first-order valence-corrected chi connectivity index (χ1v) is 13.9. The van der Waals surface area contributed by atoms with Crippen molar-refractivity contribution < 1.29 is 18.0 Å². The molecule has 2 aromatic carbocycles. The molecule has 0 saturated carbocycles. The average Bonchev–Trinajstić information content (AvgIpc) is 2.76. The monoisotopic (exact) mass is 501 g/mol. The summed E-state index contributed by atoms with van der Waals surface area (Å²) in [6.45, 7) is 11.3. The normalized spacial score (nSPS) is 12.5. The molecule has 0 radical (unpaired) electrons. The van der Waals surface area contributed by atoms with Crippen molar-refractivity contribution in [2.45, 2.75) is 72.5 Å². The van der Waals surface area contributed by atoms with Gasteiger partial charge in [-0.05, 0) is 50.3 Å². The van der Waals surface area contributed by atoms with Crippen LogP contribution in [-0.4, -0.2) is 50.0 Å². The fourth-order valence-corrected chi connectivity index (χ4v) is 4.97. The molecule has 0 heterocycles. The van der Waals surface area contributed by atoms with Gasteiger partial charge in [-0.15, -0.1) is 0 Å². The predicted octanol–water partition coefficient (Wildman–Crippen LogP) is 4.22. The molecule has 0 aromatic heterocycles.